The predicted octanol–water partition coefficient (Wildman–Crippen LogP) is 2.25. The van der Waals surface area contributed by atoms with Crippen LogP contribution in [0.2, 0.25) is 0 Å². The molecule has 1 unspecified atom stereocenters. The van der Waals surface area contributed by atoms with Gasteiger partial charge in [-0.3, -0.25) is 4.79 Å². The van der Waals surface area contributed by atoms with E-state index in [1.807, 2.05) is 13.8 Å². The van der Waals surface area contributed by atoms with Crippen LogP contribution >= 0.6 is 0 Å². The van der Waals surface area contributed by atoms with Crippen LogP contribution in [0.3, 0.4) is 0 Å². The second-order valence-corrected chi connectivity index (χ2v) is 5.32. The Morgan fingerprint density at radius 2 is 1.95 bits per heavy atom. The number of carbonyl (C=O) groups is 1. The van der Waals surface area contributed by atoms with E-state index in [4.69, 9.17) is 9.47 Å². The average molecular weight is 263 g/mol. The smallest absolute Gasteiger partial charge is 0.173 e. The normalized spacial score (nSPS) is 24.7. The van der Waals surface area contributed by atoms with Crippen molar-refractivity contribution in [2.45, 2.75) is 33.1 Å². The maximum Gasteiger partial charge on any atom is 0.173 e. The quantitative estimate of drug-likeness (QED) is 0.737. The summed E-state index contributed by atoms with van der Waals surface area (Å²) in [4.78, 5) is 11.9. The lowest BCUT2D eigenvalue weighted by Crippen LogP contribution is -2.32. The fraction of sp³-hybridized carbons (Fsp3) is 0.733. The molecule has 0 saturated heterocycles. The number of nitrogens with zero attached hydrogens (tertiary/aromatic N) is 1. The highest BCUT2D eigenvalue weighted by atomic mass is 16.5. The number of allylic oxidation sites excluding steroid dienone is 1. The van der Waals surface area contributed by atoms with Crippen LogP contribution in [-0.2, 0) is 14.3 Å². The van der Waals surface area contributed by atoms with E-state index in [2.05, 4.69) is 6.07 Å². The molecular formula is C15H21NO3. The van der Waals surface area contributed by atoms with Crippen LogP contribution in [0.1, 0.15) is 33.1 Å². The van der Waals surface area contributed by atoms with Crippen LogP contribution in [0.4, 0.5) is 0 Å². The average Bonchev–Trinajstić information content (AvgIpc) is 2.91. The fourth-order valence-electron chi connectivity index (χ4n) is 3.37. The van der Waals surface area contributed by atoms with Gasteiger partial charge in [-0.2, -0.15) is 5.26 Å². The molecule has 2 rings (SSSR count). The number of rotatable bonds is 6. The number of fused-ring (bicyclic) bond motifs is 1. The Bertz CT molecular complexity index is 425. The molecule has 2 aliphatic carbocycles. The zero-order valence-corrected chi connectivity index (χ0v) is 11.7. The minimum atomic E-state index is -0.256. The molecule has 0 amide bonds. The summed E-state index contributed by atoms with van der Waals surface area (Å²) in [6, 6.07) is 2.11. The molecule has 0 aromatic rings. The number of hydrogen-bond donors (Lipinski definition) is 0. The molecule has 0 aromatic heterocycles. The molecule has 0 radical (unpaired) electrons. The van der Waals surface area contributed by atoms with E-state index in [0.717, 1.165) is 18.4 Å². The number of hydrogen-bond acceptors (Lipinski definition) is 4. The van der Waals surface area contributed by atoms with E-state index < -0.39 is 0 Å². The van der Waals surface area contributed by atoms with Gasteiger partial charge in [0.05, 0.1) is 18.8 Å². The van der Waals surface area contributed by atoms with Gasteiger partial charge in [0.1, 0.15) is 6.07 Å². The highest BCUT2D eigenvalue weighted by Crippen LogP contribution is 2.53. The van der Waals surface area contributed by atoms with Crippen molar-refractivity contribution in [1.29, 1.82) is 5.26 Å². The lowest BCUT2D eigenvalue weighted by atomic mass is 9.81. The third-order valence-corrected chi connectivity index (χ3v) is 4.21. The van der Waals surface area contributed by atoms with E-state index in [0.29, 0.717) is 38.4 Å². The summed E-state index contributed by atoms with van der Waals surface area (Å²) in [5, 5.41) is 9.26. The summed E-state index contributed by atoms with van der Waals surface area (Å²) in [5.74, 6) is 0.239. The molecule has 1 saturated carbocycles. The van der Waals surface area contributed by atoms with Crippen molar-refractivity contribution in [1.82, 2.24) is 0 Å². The van der Waals surface area contributed by atoms with E-state index in [9.17, 15) is 10.1 Å². The molecule has 0 spiro atoms. The molecule has 0 bridgehead atoms. The molecule has 0 aromatic carbocycles. The van der Waals surface area contributed by atoms with Crippen LogP contribution in [0, 0.1) is 22.7 Å². The summed E-state index contributed by atoms with van der Waals surface area (Å²) in [6.45, 7) is 6.30. The number of carbonyl (C=O) groups excluding carboxylic acids is 1. The van der Waals surface area contributed by atoms with Crippen LogP contribution in [-0.4, -0.2) is 32.2 Å². The summed E-state index contributed by atoms with van der Waals surface area (Å²) in [7, 11) is 0. The first-order valence-electron chi connectivity index (χ1n) is 7.02. The maximum absolute atomic E-state index is 11.9. The van der Waals surface area contributed by atoms with Gasteiger partial charge in [-0.05, 0) is 38.2 Å². The molecule has 4 heteroatoms. The van der Waals surface area contributed by atoms with Crippen molar-refractivity contribution < 1.29 is 14.3 Å². The zero-order chi connectivity index (χ0) is 13.9. The van der Waals surface area contributed by atoms with E-state index in [-0.39, 0.29) is 17.1 Å². The third-order valence-electron chi connectivity index (χ3n) is 4.21. The minimum absolute atomic E-state index is 0.000396. The first kappa shape index (κ1) is 14.2. The molecule has 1 fully saturated rings. The van der Waals surface area contributed by atoms with E-state index in [1.54, 1.807) is 0 Å². The molecule has 0 heterocycles. The Morgan fingerprint density at radius 1 is 1.32 bits per heavy atom. The largest absolute Gasteiger partial charge is 0.381 e. The fourth-order valence-corrected chi connectivity index (χ4v) is 3.37. The Labute approximate surface area is 114 Å². The highest BCUT2D eigenvalue weighted by Gasteiger charge is 2.50. The third kappa shape index (κ3) is 2.45. The van der Waals surface area contributed by atoms with Gasteiger partial charge in [0.25, 0.3) is 0 Å². The molecule has 2 aliphatic rings. The maximum atomic E-state index is 11.9. The van der Waals surface area contributed by atoms with Gasteiger partial charge in [0.15, 0.2) is 5.78 Å². The Hall–Kier alpha value is -1.18. The van der Waals surface area contributed by atoms with Gasteiger partial charge >= 0.3 is 0 Å². The van der Waals surface area contributed by atoms with Crippen molar-refractivity contribution in [2.24, 2.45) is 11.3 Å². The Morgan fingerprint density at radius 3 is 2.47 bits per heavy atom. The Balaban J connectivity index is 2.34. The van der Waals surface area contributed by atoms with Gasteiger partial charge in [-0.25, -0.2) is 0 Å². The number of Topliss-reactive ketones (excluding diaryl/α,β-unsaturated/α-hetero) is 1. The molecule has 0 N–H and O–H groups in total. The molecule has 19 heavy (non-hydrogen) atoms. The second kappa shape index (κ2) is 5.85. The summed E-state index contributed by atoms with van der Waals surface area (Å²) in [5.41, 5.74) is 1.14. The van der Waals surface area contributed by atoms with Gasteiger partial charge in [0.2, 0.25) is 0 Å². The topological polar surface area (TPSA) is 59.3 Å². The molecule has 4 nitrogen and oxygen atoms in total. The van der Waals surface area contributed by atoms with Crippen LogP contribution in [0.15, 0.2) is 11.1 Å². The SMILES string of the molecule is CCOCC1(COCC)CCC2CC(=O)C(C#N)=C21. The lowest BCUT2D eigenvalue weighted by molar-refractivity contribution is -0.115. The highest BCUT2D eigenvalue weighted by molar-refractivity contribution is 6.03. The molecule has 104 valence electrons. The van der Waals surface area contributed by atoms with E-state index in [1.165, 1.54) is 0 Å². The number of ether oxygens (including phenoxy) is 2. The van der Waals surface area contributed by atoms with Gasteiger partial charge in [-0.15, -0.1) is 0 Å². The number of ketones is 1. The van der Waals surface area contributed by atoms with Crippen molar-refractivity contribution in [3.8, 4) is 6.07 Å². The van der Waals surface area contributed by atoms with Crippen molar-refractivity contribution in [3.05, 3.63) is 11.1 Å². The minimum Gasteiger partial charge on any atom is -0.381 e. The Kier molecular flexibility index (Phi) is 4.38. The molecular weight excluding hydrogens is 242 g/mol. The van der Waals surface area contributed by atoms with Crippen LogP contribution < -0.4 is 0 Å². The summed E-state index contributed by atoms with van der Waals surface area (Å²) in [6.07, 6.45) is 2.41. The monoisotopic (exact) mass is 263 g/mol. The standard InChI is InChI=1S/C15H21NO3/c1-3-18-9-15(10-19-4-2)6-5-11-7-13(17)12(8-16)14(11)15/h11H,3-7,9-10H2,1-2H3. The van der Waals surface area contributed by atoms with Crippen molar-refractivity contribution >= 4 is 5.78 Å². The van der Waals surface area contributed by atoms with Crippen molar-refractivity contribution in [2.75, 3.05) is 26.4 Å². The van der Waals surface area contributed by atoms with Crippen molar-refractivity contribution in [3.63, 3.8) is 0 Å². The zero-order valence-electron chi connectivity index (χ0n) is 11.7. The second-order valence-electron chi connectivity index (χ2n) is 5.32. The van der Waals surface area contributed by atoms with Gasteiger partial charge < -0.3 is 9.47 Å². The molecule has 0 aliphatic heterocycles. The number of nitriles is 1. The van der Waals surface area contributed by atoms with E-state index >= 15 is 0 Å². The summed E-state index contributed by atoms with van der Waals surface area (Å²) < 4.78 is 11.2. The predicted molar refractivity (Wildman–Crippen MR) is 70.4 cm³/mol. The summed E-state index contributed by atoms with van der Waals surface area (Å²) >= 11 is 0. The van der Waals surface area contributed by atoms with Gasteiger partial charge in [-0.1, -0.05) is 0 Å². The first-order valence-corrected chi connectivity index (χ1v) is 7.02. The van der Waals surface area contributed by atoms with Crippen LogP contribution in [0.5, 0.6) is 0 Å². The van der Waals surface area contributed by atoms with Gasteiger partial charge in [0, 0.05) is 25.0 Å². The van der Waals surface area contributed by atoms with Crippen LogP contribution in [0.25, 0.3) is 0 Å². The molecule has 1 atom stereocenters. The lowest BCUT2D eigenvalue weighted by Gasteiger charge is -2.30. The first-order chi connectivity index (χ1) is 9.18.